The lowest BCUT2D eigenvalue weighted by Gasteiger charge is -2.10. The number of amides is 3. The number of hydrogen-bond acceptors (Lipinski definition) is 4. The first-order valence-electron chi connectivity index (χ1n) is 9.12. The topological polar surface area (TPSA) is 88.7 Å². The van der Waals surface area contributed by atoms with Crippen LogP contribution in [0.25, 0.3) is 6.08 Å². The van der Waals surface area contributed by atoms with Crippen molar-refractivity contribution in [2.24, 2.45) is 0 Å². The summed E-state index contributed by atoms with van der Waals surface area (Å²) in [5, 5.41) is 8.75. The minimum Gasteiger partial charge on any atom is -0.454 e. The highest BCUT2D eigenvalue weighted by molar-refractivity contribution is 6.32. The minimum absolute atomic E-state index is 0.0613. The van der Waals surface area contributed by atoms with Crippen LogP contribution in [-0.4, -0.2) is 24.8 Å². The highest BCUT2D eigenvalue weighted by Crippen LogP contribution is 2.40. The number of carbonyl (C=O) groups is 2. The summed E-state index contributed by atoms with van der Waals surface area (Å²) in [4.78, 5) is 23.8. The Hall–Kier alpha value is -3.19. The number of halogens is 1. The average molecular weight is 416 g/mol. The van der Waals surface area contributed by atoms with Gasteiger partial charge in [-0.2, -0.15) is 0 Å². The molecule has 0 saturated heterocycles. The van der Waals surface area contributed by atoms with Crippen LogP contribution in [0, 0.1) is 0 Å². The molecule has 29 heavy (non-hydrogen) atoms. The Morgan fingerprint density at radius 1 is 1.17 bits per heavy atom. The van der Waals surface area contributed by atoms with Crippen molar-refractivity contribution in [1.82, 2.24) is 10.6 Å². The van der Waals surface area contributed by atoms with Crippen molar-refractivity contribution < 1.29 is 19.1 Å². The smallest absolute Gasteiger partial charge is 0.319 e. The summed E-state index contributed by atoms with van der Waals surface area (Å²) in [6.07, 6.45) is 3.09. The van der Waals surface area contributed by atoms with Gasteiger partial charge in [0, 0.05) is 24.4 Å². The largest absolute Gasteiger partial charge is 0.454 e. The van der Waals surface area contributed by atoms with Crippen LogP contribution in [0.3, 0.4) is 0 Å². The summed E-state index contributed by atoms with van der Waals surface area (Å²) in [6, 6.07) is 10.5. The molecule has 0 aliphatic carbocycles. The van der Waals surface area contributed by atoms with E-state index in [0.29, 0.717) is 28.8 Å². The van der Waals surface area contributed by atoms with Gasteiger partial charge >= 0.3 is 6.03 Å². The normalized spacial score (nSPS) is 12.3. The summed E-state index contributed by atoms with van der Waals surface area (Å²) in [5.41, 5.74) is 2.33. The quantitative estimate of drug-likeness (QED) is 0.624. The van der Waals surface area contributed by atoms with Crippen molar-refractivity contribution in [3.63, 3.8) is 0 Å². The Balaban J connectivity index is 1.50. The predicted octanol–water partition coefficient (Wildman–Crippen LogP) is 3.93. The van der Waals surface area contributed by atoms with Gasteiger partial charge in [0.05, 0.1) is 5.02 Å². The molecule has 0 atom stereocenters. The molecule has 8 heteroatoms. The zero-order valence-electron chi connectivity index (χ0n) is 16.1. The van der Waals surface area contributed by atoms with Crippen molar-refractivity contribution in [2.45, 2.75) is 26.4 Å². The van der Waals surface area contributed by atoms with E-state index in [1.807, 2.05) is 26.0 Å². The molecule has 0 aromatic heterocycles. The highest BCUT2D eigenvalue weighted by atomic mass is 35.5. The number of fused-ring (bicyclic) bond motifs is 1. The van der Waals surface area contributed by atoms with Crippen LogP contribution < -0.4 is 25.4 Å². The van der Waals surface area contributed by atoms with Gasteiger partial charge in [-0.3, -0.25) is 4.79 Å². The number of urea groups is 1. The molecule has 0 saturated carbocycles. The van der Waals surface area contributed by atoms with Crippen LogP contribution in [0.5, 0.6) is 11.5 Å². The number of hydrogen-bond donors (Lipinski definition) is 3. The van der Waals surface area contributed by atoms with Gasteiger partial charge in [-0.1, -0.05) is 23.7 Å². The zero-order valence-corrected chi connectivity index (χ0v) is 16.9. The van der Waals surface area contributed by atoms with E-state index in [1.54, 1.807) is 30.3 Å². The molecular weight excluding hydrogens is 394 g/mol. The molecular formula is C21H22ClN3O4. The van der Waals surface area contributed by atoms with Crippen molar-refractivity contribution in [2.75, 3.05) is 12.1 Å². The maximum absolute atomic E-state index is 12.1. The lowest BCUT2D eigenvalue weighted by atomic mass is 10.2. The molecule has 1 heterocycles. The van der Waals surface area contributed by atoms with Gasteiger partial charge < -0.3 is 25.4 Å². The molecule has 1 aliphatic rings. The van der Waals surface area contributed by atoms with Gasteiger partial charge in [0.25, 0.3) is 0 Å². The maximum Gasteiger partial charge on any atom is 0.319 e. The van der Waals surface area contributed by atoms with E-state index in [0.717, 1.165) is 11.1 Å². The number of rotatable bonds is 6. The van der Waals surface area contributed by atoms with Crippen LogP contribution in [-0.2, 0) is 11.3 Å². The van der Waals surface area contributed by atoms with Crippen LogP contribution >= 0.6 is 11.6 Å². The Bertz CT molecular complexity index is 926. The standard InChI is InChI=1S/C21H22ClN3O4/c1-13(2)24-21(27)25-16-6-3-14(4-7-16)11-23-19(26)8-5-15-9-17(22)20-18(10-15)28-12-29-20/h3-10,13H,11-12H2,1-2H3,(H,23,26)(H2,24,25,27). The highest BCUT2D eigenvalue weighted by Gasteiger charge is 2.17. The van der Waals surface area contributed by atoms with Crippen LogP contribution in [0.4, 0.5) is 10.5 Å². The van der Waals surface area contributed by atoms with E-state index in [-0.39, 0.29) is 24.8 Å². The number of nitrogens with one attached hydrogen (secondary N) is 3. The van der Waals surface area contributed by atoms with Crippen molar-refractivity contribution in [3.05, 3.63) is 58.6 Å². The van der Waals surface area contributed by atoms with Gasteiger partial charge in [-0.15, -0.1) is 0 Å². The Kier molecular flexibility index (Phi) is 6.61. The SMILES string of the molecule is CC(C)NC(=O)Nc1ccc(CNC(=O)C=Cc2cc(Cl)c3c(c2)OCO3)cc1. The Morgan fingerprint density at radius 3 is 2.66 bits per heavy atom. The lowest BCUT2D eigenvalue weighted by molar-refractivity contribution is -0.116. The number of carbonyl (C=O) groups excluding carboxylic acids is 2. The summed E-state index contributed by atoms with van der Waals surface area (Å²) in [6.45, 7) is 4.28. The molecule has 7 nitrogen and oxygen atoms in total. The molecule has 1 aliphatic heterocycles. The molecule has 3 N–H and O–H groups in total. The maximum atomic E-state index is 12.1. The molecule has 0 fully saturated rings. The summed E-state index contributed by atoms with van der Waals surface area (Å²) >= 11 is 6.13. The fourth-order valence-electron chi connectivity index (χ4n) is 2.64. The Morgan fingerprint density at radius 2 is 1.93 bits per heavy atom. The molecule has 2 aromatic rings. The van der Waals surface area contributed by atoms with Gasteiger partial charge in [0.15, 0.2) is 11.5 Å². The van der Waals surface area contributed by atoms with Crippen molar-refractivity contribution in [3.8, 4) is 11.5 Å². The molecule has 152 valence electrons. The Labute approximate surface area is 174 Å². The third-order valence-electron chi connectivity index (χ3n) is 3.98. The minimum atomic E-state index is -0.255. The third kappa shape index (κ3) is 5.89. The van der Waals surface area contributed by atoms with E-state index >= 15 is 0 Å². The van der Waals surface area contributed by atoms with Crippen LogP contribution in [0.1, 0.15) is 25.0 Å². The monoisotopic (exact) mass is 415 g/mol. The van der Waals surface area contributed by atoms with Gasteiger partial charge in [-0.05, 0) is 55.3 Å². The van der Waals surface area contributed by atoms with E-state index in [4.69, 9.17) is 21.1 Å². The molecule has 0 bridgehead atoms. The van der Waals surface area contributed by atoms with Crippen LogP contribution in [0.2, 0.25) is 5.02 Å². The van der Waals surface area contributed by atoms with Crippen molar-refractivity contribution in [1.29, 1.82) is 0 Å². The van der Waals surface area contributed by atoms with Gasteiger partial charge in [-0.25, -0.2) is 4.79 Å². The lowest BCUT2D eigenvalue weighted by Crippen LogP contribution is -2.34. The molecule has 0 spiro atoms. The second-order valence-electron chi connectivity index (χ2n) is 6.74. The molecule has 3 amide bonds. The van der Waals surface area contributed by atoms with Crippen LogP contribution in [0.15, 0.2) is 42.5 Å². The summed E-state index contributed by atoms with van der Waals surface area (Å²) in [5.74, 6) is 0.846. The number of ether oxygens (including phenoxy) is 2. The second kappa shape index (κ2) is 9.34. The van der Waals surface area contributed by atoms with Gasteiger partial charge in [0.2, 0.25) is 12.7 Å². The number of benzene rings is 2. The molecule has 0 radical (unpaired) electrons. The zero-order chi connectivity index (χ0) is 20.8. The molecule has 3 rings (SSSR count). The third-order valence-corrected chi connectivity index (χ3v) is 4.26. The molecule has 0 unspecified atom stereocenters. The van der Waals surface area contributed by atoms with E-state index in [1.165, 1.54) is 6.08 Å². The van der Waals surface area contributed by atoms with Crippen molar-refractivity contribution >= 4 is 35.3 Å². The first-order valence-corrected chi connectivity index (χ1v) is 9.50. The van der Waals surface area contributed by atoms with E-state index < -0.39 is 0 Å². The summed E-state index contributed by atoms with van der Waals surface area (Å²) < 4.78 is 10.6. The first kappa shape index (κ1) is 20.5. The predicted molar refractivity (Wildman–Crippen MR) is 112 cm³/mol. The van der Waals surface area contributed by atoms with Gasteiger partial charge in [0.1, 0.15) is 0 Å². The fourth-order valence-corrected chi connectivity index (χ4v) is 2.91. The molecule has 2 aromatic carbocycles. The van der Waals surface area contributed by atoms with E-state index in [9.17, 15) is 9.59 Å². The summed E-state index contributed by atoms with van der Waals surface area (Å²) in [7, 11) is 0. The fraction of sp³-hybridized carbons (Fsp3) is 0.238. The van der Waals surface area contributed by atoms with E-state index in [2.05, 4.69) is 16.0 Å². The first-order chi connectivity index (χ1) is 13.9. The number of anilines is 1. The average Bonchev–Trinajstić information content (AvgIpc) is 3.14. The second-order valence-corrected chi connectivity index (χ2v) is 7.14.